The van der Waals surface area contributed by atoms with Gasteiger partial charge in [0.1, 0.15) is 0 Å². The molecule has 3 unspecified atom stereocenters. The summed E-state index contributed by atoms with van der Waals surface area (Å²) in [5.41, 5.74) is 0. The Hall–Kier alpha value is -0.0800. The molecule has 1 aliphatic heterocycles. The van der Waals surface area contributed by atoms with Crippen LogP contribution in [0.5, 0.6) is 0 Å². The third kappa shape index (κ3) is 3.21. The predicted molar refractivity (Wildman–Crippen MR) is 69.6 cm³/mol. The fourth-order valence-electron chi connectivity index (χ4n) is 3.21. The molecular formula is C14H28N2. The van der Waals surface area contributed by atoms with E-state index in [2.05, 4.69) is 31.1 Å². The van der Waals surface area contributed by atoms with Gasteiger partial charge in [-0.1, -0.05) is 13.8 Å². The van der Waals surface area contributed by atoms with Crippen LogP contribution in [0.3, 0.4) is 0 Å². The van der Waals surface area contributed by atoms with Gasteiger partial charge in [-0.25, -0.2) is 0 Å². The molecule has 2 nitrogen and oxygen atoms in total. The van der Waals surface area contributed by atoms with Crippen molar-refractivity contribution in [2.75, 3.05) is 20.1 Å². The van der Waals surface area contributed by atoms with Gasteiger partial charge in [0.15, 0.2) is 0 Å². The third-order valence-corrected chi connectivity index (χ3v) is 4.79. The van der Waals surface area contributed by atoms with Gasteiger partial charge >= 0.3 is 0 Å². The molecule has 2 rings (SSSR count). The summed E-state index contributed by atoms with van der Waals surface area (Å²) in [6, 6.07) is 1.60. The first-order chi connectivity index (χ1) is 7.65. The highest BCUT2D eigenvalue weighted by atomic mass is 15.1. The predicted octanol–water partition coefficient (Wildman–Crippen LogP) is 2.49. The molecule has 1 heterocycles. The van der Waals surface area contributed by atoms with Crippen molar-refractivity contribution < 1.29 is 0 Å². The minimum atomic E-state index is 0.793. The van der Waals surface area contributed by atoms with E-state index >= 15 is 0 Å². The van der Waals surface area contributed by atoms with Crippen LogP contribution in [-0.2, 0) is 0 Å². The lowest BCUT2D eigenvalue weighted by molar-refractivity contribution is 0.180. The molecule has 3 atom stereocenters. The summed E-state index contributed by atoms with van der Waals surface area (Å²) in [6.07, 6.45) is 6.91. The molecule has 0 radical (unpaired) electrons. The molecular weight excluding hydrogens is 196 g/mol. The van der Waals surface area contributed by atoms with E-state index in [1.807, 2.05) is 0 Å². The Bertz CT molecular complexity index is 209. The van der Waals surface area contributed by atoms with Crippen LogP contribution in [0.25, 0.3) is 0 Å². The summed E-state index contributed by atoms with van der Waals surface area (Å²) in [5, 5.41) is 3.90. The number of nitrogens with zero attached hydrogens (tertiary/aromatic N) is 1. The zero-order valence-corrected chi connectivity index (χ0v) is 11.2. The lowest BCUT2D eigenvalue weighted by Gasteiger charge is -2.37. The van der Waals surface area contributed by atoms with Gasteiger partial charge in [-0.2, -0.15) is 0 Å². The lowest BCUT2D eigenvalue weighted by Crippen LogP contribution is -2.47. The number of hydrogen-bond donors (Lipinski definition) is 1. The second-order valence-corrected chi connectivity index (χ2v) is 6.21. The van der Waals surface area contributed by atoms with Gasteiger partial charge in [0, 0.05) is 12.1 Å². The summed E-state index contributed by atoms with van der Waals surface area (Å²) >= 11 is 0. The Morgan fingerprint density at radius 1 is 0.875 bits per heavy atom. The largest absolute Gasteiger partial charge is 0.311 e. The van der Waals surface area contributed by atoms with E-state index in [1.165, 1.54) is 45.2 Å². The standard InChI is InChI=1S/C14H28N2/c1-11-4-5-14(10-12(11)2)15-13-6-8-16(3)9-7-13/h11-15H,4-10H2,1-3H3. The van der Waals surface area contributed by atoms with Crippen molar-refractivity contribution in [3.63, 3.8) is 0 Å². The van der Waals surface area contributed by atoms with Crippen LogP contribution in [0.1, 0.15) is 46.0 Å². The summed E-state index contributed by atoms with van der Waals surface area (Å²) in [6.45, 7) is 7.39. The molecule has 2 aliphatic rings. The second kappa shape index (κ2) is 5.50. The second-order valence-electron chi connectivity index (χ2n) is 6.21. The van der Waals surface area contributed by atoms with Gasteiger partial charge in [-0.3, -0.25) is 0 Å². The fourth-order valence-corrected chi connectivity index (χ4v) is 3.21. The Morgan fingerprint density at radius 2 is 1.56 bits per heavy atom. The van der Waals surface area contributed by atoms with E-state index in [4.69, 9.17) is 0 Å². The van der Waals surface area contributed by atoms with Crippen LogP contribution in [0.2, 0.25) is 0 Å². The summed E-state index contributed by atoms with van der Waals surface area (Å²) in [5.74, 6) is 1.85. The first-order valence-electron chi connectivity index (χ1n) is 7.09. The van der Waals surface area contributed by atoms with E-state index in [0.717, 1.165) is 23.9 Å². The van der Waals surface area contributed by atoms with E-state index in [0.29, 0.717) is 0 Å². The average Bonchev–Trinajstić information content (AvgIpc) is 2.27. The number of rotatable bonds is 2. The van der Waals surface area contributed by atoms with Crippen molar-refractivity contribution >= 4 is 0 Å². The number of likely N-dealkylation sites (tertiary alicyclic amines) is 1. The number of hydrogen-bond acceptors (Lipinski definition) is 2. The van der Waals surface area contributed by atoms with E-state index < -0.39 is 0 Å². The van der Waals surface area contributed by atoms with Gasteiger partial charge in [0.2, 0.25) is 0 Å². The molecule has 0 amide bonds. The maximum absolute atomic E-state index is 3.90. The summed E-state index contributed by atoms with van der Waals surface area (Å²) in [7, 11) is 2.24. The zero-order chi connectivity index (χ0) is 11.5. The topological polar surface area (TPSA) is 15.3 Å². The zero-order valence-electron chi connectivity index (χ0n) is 11.2. The fraction of sp³-hybridized carbons (Fsp3) is 1.00. The van der Waals surface area contributed by atoms with Crippen molar-refractivity contribution in [3.05, 3.63) is 0 Å². The molecule has 2 fully saturated rings. The van der Waals surface area contributed by atoms with Gasteiger partial charge in [0.05, 0.1) is 0 Å². The van der Waals surface area contributed by atoms with Gasteiger partial charge < -0.3 is 10.2 Å². The van der Waals surface area contributed by atoms with E-state index in [-0.39, 0.29) is 0 Å². The highest BCUT2D eigenvalue weighted by Gasteiger charge is 2.26. The van der Waals surface area contributed by atoms with Gasteiger partial charge in [0.25, 0.3) is 0 Å². The molecule has 1 N–H and O–H groups in total. The van der Waals surface area contributed by atoms with Crippen LogP contribution in [0.4, 0.5) is 0 Å². The molecule has 1 saturated carbocycles. The third-order valence-electron chi connectivity index (χ3n) is 4.79. The normalized spacial score (nSPS) is 38.8. The Kier molecular flexibility index (Phi) is 4.26. The van der Waals surface area contributed by atoms with Crippen LogP contribution < -0.4 is 5.32 Å². The molecule has 0 aromatic rings. The Morgan fingerprint density at radius 3 is 2.19 bits per heavy atom. The van der Waals surface area contributed by atoms with E-state index in [1.54, 1.807) is 0 Å². The monoisotopic (exact) mass is 224 g/mol. The molecule has 0 aromatic heterocycles. The molecule has 16 heavy (non-hydrogen) atoms. The Balaban J connectivity index is 1.73. The van der Waals surface area contributed by atoms with Crippen LogP contribution in [0, 0.1) is 11.8 Å². The van der Waals surface area contributed by atoms with Crippen molar-refractivity contribution in [3.8, 4) is 0 Å². The van der Waals surface area contributed by atoms with Crippen molar-refractivity contribution in [2.24, 2.45) is 11.8 Å². The van der Waals surface area contributed by atoms with Crippen molar-refractivity contribution in [1.82, 2.24) is 10.2 Å². The molecule has 94 valence electrons. The number of nitrogens with one attached hydrogen (secondary N) is 1. The van der Waals surface area contributed by atoms with Crippen molar-refractivity contribution in [1.29, 1.82) is 0 Å². The Labute approximate surface area is 101 Å². The SMILES string of the molecule is CC1CCC(NC2CCN(C)CC2)CC1C. The quantitative estimate of drug-likeness (QED) is 0.775. The highest BCUT2D eigenvalue weighted by Crippen LogP contribution is 2.29. The first kappa shape index (κ1) is 12.4. The van der Waals surface area contributed by atoms with Crippen molar-refractivity contribution in [2.45, 2.75) is 58.0 Å². The summed E-state index contributed by atoms with van der Waals surface area (Å²) < 4.78 is 0. The highest BCUT2D eigenvalue weighted by molar-refractivity contribution is 4.84. The maximum Gasteiger partial charge on any atom is 0.00939 e. The molecule has 0 aromatic carbocycles. The molecule has 1 aliphatic carbocycles. The minimum Gasteiger partial charge on any atom is -0.311 e. The van der Waals surface area contributed by atoms with Gasteiger partial charge in [-0.15, -0.1) is 0 Å². The summed E-state index contributed by atoms with van der Waals surface area (Å²) in [4.78, 5) is 2.45. The maximum atomic E-state index is 3.90. The molecule has 1 saturated heterocycles. The smallest absolute Gasteiger partial charge is 0.00939 e. The van der Waals surface area contributed by atoms with Crippen LogP contribution >= 0.6 is 0 Å². The van der Waals surface area contributed by atoms with Crippen LogP contribution in [0.15, 0.2) is 0 Å². The minimum absolute atomic E-state index is 0.793. The van der Waals surface area contributed by atoms with E-state index in [9.17, 15) is 0 Å². The first-order valence-corrected chi connectivity index (χ1v) is 7.09. The molecule has 0 spiro atoms. The average molecular weight is 224 g/mol. The molecule has 0 bridgehead atoms. The van der Waals surface area contributed by atoms with Crippen LogP contribution in [-0.4, -0.2) is 37.1 Å². The number of piperidine rings is 1. The molecule has 2 heteroatoms. The van der Waals surface area contributed by atoms with Gasteiger partial charge in [-0.05, 0) is 64.1 Å². The lowest BCUT2D eigenvalue weighted by atomic mass is 9.79.